The highest BCUT2D eigenvalue weighted by atomic mass is 35.5. The molecule has 3 heterocycles. The number of ether oxygens (including phenoxy) is 1. The van der Waals surface area contributed by atoms with Crippen LogP contribution in [0.3, 0.4) is 0 Å². The van der Waals surface area contributed by atoms with Crippen molar-refractivity contribution in [1.82, 2.24) is 14.9 Å². The predicted molar refractivity (Wildman–Crippen MR) is 89.2 cm³/mol. The van der Waals surface area contributed by atoms with Gasteiger partial charge in [-0.3, -0.25) is 4.90 Å². The Hall–Kier alpha value is -1.56. The molecule has 0 N–H and O–H groups in total. The molecule has 24 heavy (non-hydrogen) atoms. The minimum atomic E-state index is -0.348. The van der Waals surface area contributed by atoms with E-state index in [-0.39, 0.29) is 22.4 Å². The summed E-state index contributed by atoms with van der Waals surface area (Å²) in [6, 6.07) is 5.04. The number of halogens is 2. The topological polar surface area (TPSA) is 38.2 Å². The van der Waals surface area contributed by atoms with Crippen LogP contribution in [-0.2, 0) is 17.7 Å². The summed E-state index contributed by atoms with van der Waals surface area (Å²) >= 11 is 5.73. The average molecular weight is 348 g/mol. The number of nitrogens with zero attached hydrogens (tertiary/aromatic N) is 3. The normalized spacial score (nSPS) is 22.7. The molecule has 1 atom stereocenters. The second kappa shape index (κ2) is 6.39. The summed E-state index contributed by atoms with van der Waals surface area (Å²) in [6.07, 6.45) is 7.42. The number of hydrogen-bond acceptors (Lipinski definition) is 4. The third kappa shape index (κ3) is 3.29. The van der Waals surface area contributed by atoms with E-state index in [2.05, 4.69) is 14.9 Å². The maximum absolute atomic E-state index is 13.5. The van der Waals surface area contributed by atoms with Crippen LogP contribution in [0.5, 0.6) is 0 Å². The molecule has 0 amide bonds. The molecule has 1 aromatic heterocycles. The van der Waals surface area contributed by atoms with Crippen molar-refractivity contribution in [3.05, 3.63) is 58.9 Å². The van der Waals surface area contributed by atoms with Crippen molar-refractivity contribution in [3.63, 3.8) is 0 Å². The van der Waals surface area contributed by atoms with E-state index < -0.39 is 0 Å². The van der Waals surface area contributed by atoms with Gasteiger partial charge in [-0.25, -0.2) is 14.4 Å². The lowest BCUT2D eigenvalue weighted by Crippen LogP contribution is -2.56. The van der Waals surface area contributed by atoms with Gasteiger partial charge in [-0.05, 0) is 29.7 Å². The molecule has 2 fully saturated rings. The standard InChI is InChI=1S/C18H19ClFN3O/c19-16-2-1-13(4-17(16)20)8-23-9-18(10-23)5-15(24-11-18)3-14-6-21-12-22-7-14/h1-2,4,6-7,12,15H,3,5,8-11H2. The summed E-state index contributed by atoms with van der Waals surface area (Å²) in [7, 11) is 0. The quantitative estimate of drug-likeness (QED) is 0.852. The van der Waals surface area contributed by atoms with Crippen LogP contribution in [0.4, 0.5) is 4.39 Å². The van der Waals surface area contributed by atoms with Crippen LogP contribution in [0.1, 0.15) is 17.5 Å². The second-order valence-electron chi connectivity index (χ2n) is 6.98. The van der Waals surface area contributed by atoms with Gasteiger partial charge < -0.3 is 4.74 Å². The average Bonchev–Trinajstić information content (AvgIpc) is 2.95. The first kappa shape index (κ1) is 15.9. The van der Waals surface area contributed by atoms with Crippen molar-refractivity contribution >= 4 is 11.6 Å². The van der Waals surface area contributed by atoms with Crippen LogP contribution < -0.4 is 0 Å². The molecule has 126 valence electrons. The summed E-state index contributed by atoms with van der Waals surface area (Å²) in [5, 5.41) is 0.177. The number of benzene rings is 1. The lowest BCUT2D eigenvalue weighted by Gasteiger charge is -2.47. The molecular weight excluding hydrogens is 329 g/mol. The fourth-order valence-corrected chi connectivity index (χ4v) is 3.97. The monoisotopic (exact) mass is 347 g/mol. The van der Waals surface area contributed by atoms with Crippen LogP contribution in [0, 0.1) is 11.2 Å². The van der Waals surface area contributed by atoms with Gasteiger partial charge in [0.05, 0.1) is 17.7 Å². The van der Waals surface area contributed by atoms with Gasteiger partial charge in [0.15, 0.2) is 0 Å². The molecule has 0 aliphatic carbocycles. The molecular formula is C18H19ClFN3O. The Morgan fingerprint density at radius 3 is 2.79 bits per heavy atom. The Morgan fingerprint density at radius 2 is 2.04 bits per heavy atom. The van der Waals surface area contributed by atoms with E-state index >= 15 is 0 Å². The van der Waals surface area contributed by atoms with Crippen molar-refractivity contribution in [3.8, 4) is 0 Å². The van der Waals surface area contributed by atoms with Crippen molar-refractivity contribution in [1.29, 1.82) is 0 Å². The fourth-order valence-electron chi connectivity index (χ4n) is 3.86. The summed E-state index contributed by atoms with van der Waals surface area (Å²) in [6.45, 7) is 3.56. The summed E-state index contributed by atoms with van der Waals surface area (Å²) < 4.78 is 19.5. The van der Waals surface area contributed by atoms with Gasteiger partial charge in [0.25, 0.3) is 0 Å². The zero-order valence-electron chi connectivity index (χ0n) is 13.3. The third-order valence-electron chi connectivity index (χ3n) is 4.87. The molecule has 0 saturated carbocycles. The Kier molecular flexibility index (Phi) is 4.24. The minimum absolute atomic E-state index is 0.177. The first-order valence-electron chi connectivity index (χ1n) is 8.14. The Balaban J connectivity index is 1.30. The lowest BCUT2D eigenvalue weighted by atomic mass is 9.77. The molecule has 1 spiro atoms. The molecule has 6 heteroatoms. The molecule has 0 radical (unpaired) electrons. The van der Waals surface area contributed by atoms with Crippen LogP contribution in [0.2, 0.25) is 5.02 Å². The van der Waals surface area contributed by atoms with Crippen molar-refractivity contribution in [2.24, 2.45) is 5.41 Å². The first-order valence-corrected chi connectivity index (χ1v) is 8.51. The largest absolute Gasteiger partial charge is 0.377 e. The van der Waals surface area contributed by atoms with E-state index in [1.165, 1.54) is 6.07 Å². The summed E-state index contributed by atoms with van der Waals surface area (Å²) in [4.78, 5) is 10.4. The molecule has 4 rings (SSSR count). The van der Waals surface area contributed by atoms with Gasteiger partial charge >= 0.3 is 0 Å². The van der Waals surface area contributed by atoms with Gasteiger partial charge in [-0.2, -0.15) is 0 Å². The van der Waals surface area contributed by atoms with Crippen molar-refractivity contribution in [2.75, 3.05) is 19.7 Å². The Morgan fingerprint density at radius 1 is 1.25 bits per heavy atom. The zero-order valence-corrected chi connectivity index (χ0v) is 14.0. The summed E-state index contributed by atoms with van der Waals surface area (Å²) in [5.74, 6) is -0.348. The second-order valence-corrected chi connectivity index (χ2v) is 7.39. The lowest BCUT2D eigenvalue weighted by molar-refractivity contribution is -0.0141. The smallest absolute Gasteiger partial charge is 0.142 e. The molecule has 2 aliphatic rings. The molecule has 1 aromatic carbocycles. The highest BCUT2D eigenvalue weighted by Crippen LogP contribution is 2.42. The van der Waals surface area contributed by atoms with Crippen molar-refractivity contribution < 1.29 is 9.13 Å². The van der Waals surface area contributed by atoms with Crippen LogP contribution in [-0.4, -0.2) is 40.7 Å². The van der Waals surface area contributed by atoms with E-state index in [1.54, 1.807) is 12.4 Å². The van der Waals surface area contributed by atoms with E-state index in [9.17, 15) is 4.39 Å². The zero-order chi connectivity index (χ0) is 16.6. The number of rotatable bonds is 4. The maximum Gasteiger partial charge on any atom is 0.142 e. The van der Waals surface area contributed by atoms with Crippen molar-refractivity contribution in [2.45, 2.75) is 25.5 Å². The number of aromatic nitrogens is 2. The van der Waals surface area contributed by atoms with E-state index in [4.69, 9.17) is 16.3 Å². The predicted octanol–water partition coefficient (Wildman–Crippen LogP) is 3.10. The molecule has 2 aliphatic heterocycles. The molecule has 2 saturated heterocycles. The van der Waals surface area contributed by atoms with Gasteiger partial charge in [0.1, 0.15) is 12.1 Å². The molecule has 1 unspecified atom stereocenters. The van der Waals surface area contributed by atoms with Crippen LogP contribution in [0.15, 0.2) is 36.9 Å². The third-order valence-corrected chi connectivity index (χ3v) is 5.18. The van der Waals surface area contributed by atoms with E-state index in [1.807, 2.05) is 18.5 Å². The number of likely N-dealkylation sites (tertiary alicyclic amines) is 1. The maximum atomic E-state index is 13.5. The van der Waals surface area contributed by atoms with Gasteiger partial charge in [-0.15, -0.1) is 0 Å². The van der Waals surface area contributed by atoms with Crippen LogP contribution >= 0.6 is 11.6 Å². The van der Waals surface area contributed by atoms with Gasteiger partial charge in [0, 0.05) is 43.9 Å². The Labute approximate surface area is 145 Å². The molecule has 2 aromatic rings. The fraction of sp³-hybridized carbons (Fsp3) is 0.444. The molecule has 4 nitrogen and oxygen atoms in total. The minimum Gasteiger partial charge on any atom is -0.377 e. The Bertz CT molecular complexity index is 721. The van der Waals surface area contributed by atoms with Gasteiger partial charge in [-0.1, -0.05) is 17.7 Å². The first-order chi connectivity index (χ1) is 11.6. The highest BCUT2D eigenvalue weighted by Gasteiger charge is 2.48. The van der Waals surface area contributed by atoms with E-state index in [0.717, 1.165) is 50.2 Å². The molecule has 0 bridgehead atoms. The SMILES string of the molecule is Fc1cc(CN2CC3(COC(Cc4cncnc4)C3)C2)ccc1Cl. The summed E-state index contributed by atoms with van der Waals surface area (Å²) in [5.41, 5.74) is 2.33. The van der Waals surface area contributed by atoms with E-state index in [0.29, 0.717) is 0 Å². The number of hydrogen-bond donors (Lipinski definition) is 0. The van der Waals surface area contributed by atoms with Crippen LogP contribution in [0.25, 0.3) is 0 Å². The van der Waals surface area contributed by atoms with Gasteiger partial charge in [0.2, 0.25) is 0 Å². The highest BCUT2D eigenvalue weighted by molar-refractivity contribution is 6.30.